The van der Waals surface area contributed by atoms with Crippen LogP contribution in [0.4, 0.5) is 17.1 Å². The number of nitrogens with zero attached hydrogens (tertiary/aromatic N) is 4. The van der Waals surface area contributed by atoms with Gasteiger partial charge in [-0.25, -0.2) is 4.99 Å². The predicted molar refractivity (Wildman–Crippen MR) is 157 cm³/mol. The average molecular weight is 558 g/mol. The van der Waals surface area contributed by atoms with E-state index in [0.717, 1.165) is 26.9 Å². The van der Waals surface area contributed by atoms with Crippen molar-refractivity contribution in [2.75, 3.05) is 37.0 Å². The van der Waals surface area contributed by atoms with E-state index < -0.39 is 0 Å². The normalized spacial score (nSPS) is 17.5. The number of aliphatic hydroxyl groups is 1. The molecule has 8 nitrogen and oxygen atoms in total. The number of carbonyl (C=O) groups is 1. The lowest BCUT2D eigenvalue weighted by Gasteiger charge is -2.17. The summed E-state index contributed by atoms with van der Waals surface area (Å²) in [6.07, 6.45) is 0. The first-order chi connectivity index (χ1) is 19.0. The van der Waals surface area contributed by atoms with E-state index in [1.165, 1.54) is 23.5 Å². The monoisotopic (exact) mass is 557 g/mol. The SMILES string of the molecule is CCNc1ccc(C#N)cc1N=C1SC(=C2Sc3cc(OCCO)ccc3N2C)C(=O)N1Cc1ccccc1. The first-order valence-electron chi connectivity index (χ1n) is 12.5. The zero-order chi connectivity index (χ0) is 27.4. The molecule has 1 saturated heterocycles. The van der Waals surface area contributed by atoms with Crippen molar-refractivity contribution < 1.29 is 14.6 Å². The number of nitrogens with one attached hydrogen (secondary N) is 1. The van der Waals surface area contributed by atoms with E-state index in [-0.39, 0.29) is 19.1 Å². The Morgan fingerprint density at radius 2 is 1.92 bits per heavy atom. The highest BCUT2D eigenvalue weighted by Crippen LogP contribution is 2.51. The van der Waals surface area contributed by atoms with Crippen LogP contribution >= 0.6 is 23.5 Å². The van der Waals surface area contributed by atoms with Crippen LogP contribution in [0.25, 0.3) is 0 Å². The highest BCUT2D eigenvalue weighted by atomic mass is 32.2. The summed E-state index contributed by atoms with van der Waals surface area (Å²) in [4.78, 5) is 24.1. The first kappa shape index (κ1) is 26.7. The van der Waals surface area contributed by atoms with Crippen LogP contribution < -0.4 is 15.0 Å². The summed E-state index contributed by atoms with van der Waals surface area (Å²) in [5.74, 6) is 0.546. The third kappa shape index (κ3) is 5.61. The maximum Gasteiger partial charge on any atom is 0.269 e. The Kier molecular flexibility index (Phi) is 8.12. The lowest BCUT2D eigenvalue weighted by molar-refractivity contribution is -0.122. The van der Waals surface area contributed by atoms with E-state index in [0.29, 0.717) is 40.2 Å². The second-order valence-corrected chi connectivity index (χ2v) is 10.8. The van der Waals surface area contributed by atoms with Gasteiger partial charge in [0, 0.05) is 18.5 Å². The van der Waals surface area contributed by atoms with Crippen LogP contribution in [0.15, 0.2) is 86.6 Å². The minimum Gasteiger partial charge on any atom is -0.491 e. The molecule has 10 heteroatoms. The Balaban J connectivity index is 1.55. The number of carbonyl (C=O) groups excluding carboxylic acids is 1. The standard InChI is InChI=1S/C29H27N5O3S2/c1-3-31-22-11-9-20(17-30)15-23(22)32-29-34(18-19-7-5-4-6-8-19)27(36)26(39-29)28-33(2)24-12-10-21(37-14-13-35)16-25(24)38-28/h4-12,15-16,31,35H,3,13-14,18H2,1-2H3. The van der Waals surface area contributed by atoms with E-state index in [4.69, 9.17) is 14.8 Å². The molecule has 1 amide bonds. The Morgan fingerprint density at radius 1 is 1.10 bits per heavy atom. The fourth-order valence-corrected chi connectivity index (χ4v) is 6.61. The van der Waals surface area contributed by atoms with Gasteiger partial charge in [0.2, 0.25) is 0 Å². The molecule has 5 rings (SSSR count). The van der Waals surface area contributed by atoms with E-state index in [9.17, 15) is 10.1 Å². The van der Waals surface area contributed by atoms with Crippen molar-refractivity contribution in [1.29, 1.82) is 5.26 Å². The van der Waals surface area contributed by atoms with Crippen LogP contribution in [0.2, 0.25) is 0 Å². The number of rotatable bonds is 8. The number of amidine groups is 1. The zero-order valence-electron chi connectivity index (χ0n) is 21.5. The van der Waals surface area contributed by atoms with Crippen molar-refractivity contribution in [2.24, 2.45) is 4.99 Å². The molecule has 1 fully saturated rings. The van der Waals surface area contributed by atoms with Crippen LogP contribution in [-0.4, -0.2) is 47.9 Å². The minimum absolute atomic E-state index is 0.0588. The second-order valence-electron chi connectivity index (χ2n) is 8.74. The van der Waals surface area contributed by atoms with Crippen molar-refractivity contribution >= 4 is 51.7 Å². The first-order valence-corrected chi connectivity index (χ1v) is 14.1. The molecular weight excluding hydrogens is 530 g/mol. The summed E-state index contributed by atoms with van der Waals surface area (Å²) in [5, 5.41) is 23.2. The molecule has 0 saturated carbocycles. The lowest BCUT2D eigenvalue weighted by atomic mass is 10.2. The van der Waals surface area contributed by atoms with Gasteiger partial charge in [-0.2, -0.15) is 5.26 Å². The third-order valence-corrected chi connectivity index (χ3v) is 8.53. The zero-order valence-corrected chi connectivity index (χ0v) is 23.2. The molecular formula is C29H27N5O3S2. The number of amides is 1. The van der Waals surface area contributed by atoms with E-state index in [2.05, 4.69) is 11.4 Å². The van der Waals surface area contributed by atoms with Gasteiger partial charge < -0.3 is 20.1 Å². The van der Waals surface area contributed by atoms with Crippen LogP contribution in [0.5, 0.6) is 5.75 Å². The molecule has 2 heterocycles. The van der Waals surface area contributed by atoms with Gasteiger partial charge in [-0.3, -0.25) is 9.69 Å². The molecule has 39 heavy (non-hydrogen) atoms. The summed E-state index contributed by atoms with van der Waals surface area (Å²) in [6.45, 7) is 3.23. The number of anilines is 2. The molecule has 2 aliphatic heterocycles. The maximum atomic E-state index is 13.9. The number of ether oxygens (including phenoxy) is 1. The van der Waals surface area contributed by atoms with Gasteiger partial charge >= 0.3 is 0 Å². The summed E-state index contributed by atoms with van der Waals surface area (Å²) in [7, 11) is 1.94. The fraction of sp³-hybridized carbons (Fsp3) is 0.207. The number of hydrogen-bond donors (Lipinski definition) is 2. The van der Waals surface area contributed by atoms with Crippen LogP contribution in [0.1, 0.15) is 18.1 Å². The third-order valence-electron chi connectivity index (χ3n) is 6.12. The highest BCUT2D eigenvalue weighted by molar-refractivity contribution is 8.19. The second kappa shape index (κ2) is 11.9. The quantitative estimate of drug-likeness (QED) is 0.349. The molecule has 0 unspecified atom stereocenters. The summed E-state index contributed by atoms with van der Waals surface area (Å²) in [6, 6.07) is 23.1. The van der Waals surface area contributed by atoms with Crippen LogP contribution in [0.3, 0.4) is 0 Å². The highest BCUT2D eigenvalue weighted by Gasteiger charge is 2.39. The van der Waals surface area contributed by atoms with Crippen LogP contribution in [-0.2, 0) is 11.3 Å². The maximum absolute atomic E-state index is 13.9. The molecule has 0 bridgehead atoms. The average Bonchev–Trinajstić information content (AvgIpc) is 3.44. The summed E-state index contributed by atoms with van der Waals surface area (Å²) < 4.78 is 5.59. The fourth-order valence-electron chi connectivity index (χ4n) is 4.25. The van der Waals surface area contributed by atoms with Crippen molar-refractivity contribution in [2.45, 2.75) is 18.4 Å². The smallest absolute Gasteiger partial charge is 0.269 e. The minimum atomic E-state index is -0.122. The largest absolute Gasteiger partial charge is 0.491 e. The molecule has 0 aliphatic carbocycles. The van der Waals surface area contributed by atoms with E-state index in [1.54, 1.807) is 17.0 Å². The number of aliphatic hydroxyl groups excluding tert-OH is 1. The Hall–Kier alpha value is -3.91. The number of benzene rings is 3. The van der Waals surface area contributed by atoms with Crippen molar-refractivity contribution in [3.05, 3.63) is 87.8 Å². The van der Waals surface area contributed by atoms with Gasteiger partial charge in [0.05, 0.1) is 46.9 Å². The van der Waals surface area contributed by atoms with Gasteiger partial charge in [-0.1, -0.05) is 42.1 Å². The van der Waals surface area contributed by atoms with Crippen molar-refractivity contribution in [1.82, 2.24) is 4.90 Å². The van der Waals surface area contributed by atoms with E-state index >= 15 is 0 Å². The van der Waals surface area contributed by atoms with Crippen molar-refractivity contribution in [3.8, 4) is 11.8 Å². The molecule has 2 N–H and O–H groups in total. The van der Waals surface area contributed by atoms with Gasteiger partial charge in [0.25, 0.3) is 5.91 Å². The molecule has 198 valence electrons. The lowest BCUT2D eigenvalue weighted by Crippen LogP contribution is -2.29. The Labute approximate surface area is 236 Å². The number of thioether (sulfide) groups is 2. The van der Waals surface area contributed by atoms with Crippen molar-refractivity contribution in [3.63, 3.8) is 0 Å². The molecule has 0 aromatic heterocycles. The predicted octanol–water partition coefficient (Wildman–Crippen LogP) is 5.54. The number of nitriles is 1. The van der Waals surface area contributed by atoms with Gasteiger partial charge in [0.15, 0.2) is 5.17 Å². The topological polar surface area (TPSA) is 101 Å². The Bertz CT molecular complexity index is 1500. The molecule has 0 radical (unpaired) electrons. The number of aliphatic imine (C=N–C) groups is 1. The number of fused-ring (bicyclic) bond motifs is 1. The Morgan fingerprint density at radius 3 is 2.67 bits per heavy atom. The van der Waals surface area contributed by atoms with E-state index in [1.807, 2.05) is 73.5 Å². The molecule has 3 aromatic rings. The van der Waals surface area contributed by atoms with Gasteiger partial charge in [0.1, 0.15) is 17.3 Å². The number of hydrogen-bond acceptors (Lipinski definition) is 9. The van der Waals surface area contributed by atoms with Gasteiger partial charge in [-0.15, -0.1) is 0 Å². The summed E-state index contributed by atoms with van der Waals surface area (Å²) >= 11 is 2.85. The molecule has 0 spiro atoms. The molecule has 3 aromatic carbocycles. The van der Waals surface area contributed by atoms with Crippen LogP contribution in [0, 0.1) is 11.3 Å². The molecule has 0 atom stereocenters. The van der Waals surface area contributed by atoms with Gasteiger partial charge in [-0.05, 0) is 60.6 Å². The summed E-state index contributed by atoms with van der Waals surface area (Å²) in [5.41, 5.74) is 3.87. The molecule has 2 aliphatic rings.